The molecule has 3 aromatic rings. The lowest BCUT2D eigenvalue weighted by Crippen LogP contribution is -2.44. The maximum Gasteiger partial charge on any atom is 0.420 e. The van der Waals surface area contributed by atoms with E-state index >= 15 is 0 Å². The van der Waals surface area contributed by atoms with E-state index in [4.69, 9.17) is 14.2 Å². The van der Waals surface area contributed by atoms with E-state index in [2.05, 4.69) is 16.5 Å². The summed E-state index contributed by atoms with van der Waals surface area (Å²) in [6.45, 7) is 17.0. The topological polar surface area (TPSA) is 121 Å². The number of fused-ring (bicyclic) bond motifs is 1. The normalized spacial score (nSPS) is 15.4. The van der Waals surface area contributed by atoms with Crippen LogP contribution in [0.3, 0.4) is 0 Å². The van der Waals surface area contributed by atoms with Gasteiger partial charge in [-0.25, -0.2) is 19.0 Å². The second-order valence-electron chi connectivity index (χ2n) is 13.0. The number of amides is 2. The number of ether oxygens (including phenoxy) is 3. The van der Waals surface area contributed by atoms with Crippen molar-refractivity contribution in [3.05, 3.63) is 47.7 Å². The van der Waals surface area contributed by atoms with Gasteiger partial charge in [0.15, 0.2) is 0 Å². The van der Waals surface area contributed by atoms with E-state index < -0.39 is 17.3 Å². The zero-order valence-corrected chi connectivity index (χ0v) is 27.1. The van der Waals surface area contributed by atoms with Gasteiger partial charge < -0.3 is 24.4 Å². The molecule has 0 saturated carbocycles. The van der Waals surface area contributed by atoms with E-state index in [-0.39, 0.29) is 12.0 Å². The average molecular weight is 605 g/mol. The Morgan fingerprint density at radius 2 is 1.77 bits per heavy atom. The fourth-order valence-electron chi connectivity index (χ4n) is 5.29. The quantitative estimate of drug-likeness (QED) is 0.305. The van der Waals surface area contributed by atoms with Gasteiger partial charge in [-0.1, -0.05) is 0 Å². The van der Waals surface area contributed by atoms with Gasteiger partial charge in [0.1, 0.15) is 34.4 Å². The molecule has 44 heavy (non-hydrogen) atoms. The Hall–Kier alpha value is -4.46. The summed E-state index contributed by atoms with van der Waals surface area (Å²) in [4.78, 5) is 29.8. The van der Waals surface area contributed by atoms with Crippen LogP contribution in [0, 0.1) is 24.2 Å². The van der Waals surface area contributed by atoms with Crippen molar-refractivity contribution in [2.24, 2.45) is 5.92 Å². The van der Waals surface area contributed by atoms with Crippen molar-refractivity contribution in [1.29, 1.82) is 5.26 Å². The number of carbonyl (C=O) groups is 2. The molecule has 1 fully saturated rings. The van der Waals surface area contributed by atoms with Crippen molar-refractivity contribution in [3.8, 4) is 11.8 Å². The number of likely N-dealkylation sites (tertiary alicyclic amines) is 1. The lowest BCUT2D eigenvalue weighted by Gasteiger charge is -2.34. The highest BCUT2D eigenvalue weighted by Crippen LogP contribution is 2.38. The predicted octanol–water partition coefficient (Wildman–Crippen LogP) is 7.05. The first-order chi connectivity index (χ1) is 20.7. The van der Waals surface area contributed by atoms with Crippen LogP contribution in [0.5, 0.6) is 5.75 Å². The summed E-state index contributed by atoms with van der Waals surface area (Å²) in [5.74, 6) is 1.26. The molecule has 2 aromatic heterocycles. The molecule has 1 N–H and O–H groups in total. The molecule has 2 amide bonds. The van der Waals surface area contributed by atoms with Crippen molar-refractivity contribution < 1.29 is 23.8 Å². The minimum atomic E-state index is -0.758. The van der Waals surface area contributed by atoms with Gasteiger partial charge in [-0.15, -0.1) is 0 Å². The number of rotatable bonds is 7. The summed E-state index contributed by atoms with van der Waals surface area (Å²) in [7, 11) is 0. The SMILES string of the molecule is CCOc1ccc(N(C(=O)OC(C)(C)C)c2c(C)c(NCC3CCCN(C(=O)OC(C)(C)C)C3)c(C#N)c3ccnn23)cc1. The minimum Gasteiger partial charge on any atom is -0.494 e. The van der Waals surface area contributed by atoms with Crippen LogP contribution in [0.2, 0.25) is 0 Å². The molecule has 11 heteroatoms. The van der Waals surface area contributed by atoms with Crippen LogP contribution in [0.1, 0.15) is 72.4 Å². The van der Waals surface area contributed by atoms with E-state index in [9.17, 15) is 14.9 Å². The lowest BCUT2D eigenvalue weighted by atomic mass is 9.97. The van der Waals surface area contributed by atoms with E-state index in [0.29, 0.717) is 65.8 Å². The number of aromatic nitrogens is 2. The van der Waals surface area contributed by atoms with Crippen LogP contribution in [0.25, 0.3) is 5.52 Å². The molecular weight excluding hydrogens is 560 g/mol. The number of pyridine rings is 1. The fraction of sp³-hybridized carbons (Fsp3) is 0.515. The van der Waals surface area contributed by atoms with Gasteiger partial charge >= 0.3 is 12.2 Å². The third-order valence-electron chi connectivity index (χ3n) is 7.10. The number of anilines is 3. The molecule has 11 nitrogen and oxygen atoms in total. The maximum atomic E-state index is 13.9. The molecule has 1 saturated heterocycles. The zero-order chi connectivity index (χ0) is 32.2. The summed E-state index contributed by atoms with van der Waals surface area (Å²) in [5, 5.41) is 18.3. The first kappa shape index (κ1) is 32.5. The Morgan fingerprint density at radius 1 is 1.09 bits per heavy atom. The number of nitrogens with one attached hydrogen (secondary N) is 1. The van der Waals surface area contributed by atoms with E-state index in [1.807, 2.05) is 55.4 Å². The molecule has 3 heterocycles. The predicted molar refractivity (Wildman–Crippen MR) is 170 cm³/mol. The Kier molecular flexibility index (Phi) is 9.62. The van der Waals surface area contributed by atoms with Crippen LogP contribution in [0.15, 0.2) is 36.5 Å². The molecule has 236 valence electrons. The summed E-state index contributed by atoms with van der Waals surface area (Å²) in [6.07, 6.45) is 2.48. The first-order valence-corrected chi connectivity index (χ1v) is 15.1. The number of hydrogen-bond donors (Lipinski definition) is 1. The molecule has 1 aliphatic heterocycles. The molecule has 0 spiro atoms. The second-order valence-corrected chi connectivity index (χ2v) is 13.0. The monoisotopic (exact) mass is 604 g/mol. The van der Waals surface area contributed by atoms with E-state index in [1.54, 1.807) is 45.9 Å². The van der Waals surface area contributed by atoms with Gasteiger partial charge in [-0.05, 0) is 104 Å². The highest BCUT2D eigenvalue weighted by atomic mass is 16.6. The number of benzene rings is 1. The zero-order valence-electron chi connectivity index (χ0n) is 27.1. The van der Waals surface area contributed by atoms with Gasteiger partial charge in [0.25, 0.3) is 0 Å². The maximum absolute atomic E-state index is 13.9. The highest BCUT2D eigenvalue weighted by Gasteiger charge is 2.32. The summed E-state index contributed by atoms with van der Waals surface area (Å²) in [5.41, 5.74) is 1.45. The van der Waals surface area contributed by atoms with Crippen LogP contribution in [-0.2, 0) is 9.47 Å². The number of hydrogen-bond acceptors (Lipinski definition) is 8. The van der Waals surface area contributed by atoms with Crippen molar-refractivity contribution in [1.82, 2.24) is 14.5 Å². The van der Waals surface area contributed by atoms with Crippen molar-refractivity contribution in [2.45, 2.75) is 79.4 Å². The molecule has 0 aliphatic carbocycles. The molecule has 0 radical (unpaired) electrons. The van der Waals surface area contributed by atoms with Crippen LogP contribution >= 0.6 is 0 Å². The van der Waals surface area contributed by atoms with Gasteiger partial charge in [0.05, 0.1) is 29.7 Å². The van der Waals surface area contributed by atoms with Crippen LogP contribution in [-0.4, -0.2) is 64.1 Å². The third-order valence-corrected chi connectivity index (χ3v) is 7.10. The number of nitrogens with zero attached hydrogens (tertiary/aromatic N) is 5. The molecule has 1 unspecified atom stereocenters. The second kappa shape index (κ2) is 13.0. The van der Waals surface area contributed by atoms with Gasteiger partial charge in [-0.3, -0.25) is 0 Å². The molecular formula is C33H44N6O5. The van der Waals surface area contributed by atoms with Gasteiger partial charge in [-0.2, -0.15) is 10.4 Å². The Balaban J connectivity index is 1.74. The summed E-state index contributed by atoms with van der Waals surface area (Å²) in [6, 6.07) is 11.3. The number of piperidine rings is 1. The van der Waals surface area contributed by atoms with Crippen LogP contribution < -0.4 is 15.0 Å². The standard InChI is InChI=1S/C33H44N6O5/c1-9-42-25-14-12-24(13-15-25)38(31(41)44-33(6,7)8)29-22(2)28(26(19-34)27-16-17-36-39(27)29)35-20-23-11-10-18-37(21-23)30(40)43-32(3,4)5/h12-17,23,35H,9-11,18,20-21H2,1-8H3. The van der Waals surface area contributed by atoms with Gasteiger partial charge in [0.2, 0.25) is 0 Å². The van der Waals surface area contributed by atoms with Crippen molar-refractivity contribution in [2.75, 3.05) is 36.5 Å². The molecule has 1 atom stereocenters. The van der Waals surface area contributed by atoms with E-state index in [1.165, 1.54) is 4.90 Å². The van der Waals surface area contributed by atoms with Crippen molar-refractivity contribution >= 4 is 34.9 Å². The lowest BCUT2D eigenvalue weighted by molar-refractivity contribution is 0.0172. The Bertz CT molecular complexity index is 1530. The Morgan fingerprint density at radius 3 is 2.39 bits per heavy atom. The minimum absolute atomic E-state index is 0.139. The molecule has 1 aromatic carbocycles. The third kappa shape index (κ3) is 7.54. The summed E-state index contributed by atoms with van der Waals surface area (Å²) < 4.78 is 18.7. The largest absolute Gasteiger partial charge is 0.494 e. The van der Waals surface area contributed by atoms with Crippen LogP contribution in [0.4, 0.5) is 26.8 Å². The van der Waals surface area contributed by atoms with E-state index in [0.717, 1.165) is 12.8 Å². The number of nitriles is 1. The fourth-order valence-corrected chi connectivity index (χ4v) is 5.29. The smallest absolute Gasteiger partial charge is 0.420 e. The number of carbonyl (C=O) groups excluding carboxylic acids is 2. The molecule has 4 rings (SSSR count). The molecule has 0 bridgehead atoms. The highest BCUT2D eigenvalue weighted by molar-refractivity contribution is 5.98. The first-order valence-electron chi connectivity index (χ1n) is 15.1. The average Bonchev–Trinajstić information content (AvgIpc) is 3.42. The van der Waals surface area contributed by atoms with Gasteiger partial charge in [0, 0.05) is 25.2 Å². The summed E-state index contributed by atoms with van der Waals surface area (Å²) >= 11 is 0. The van der Waals surface area contributed by atoms with Crippen molar-refractivity contribution in [3.63, 3.8) is 0 Å². The Labute approximate surface area is 259 Å². The molecule has 1 aliphatic rings.